The Labute approximate surface area is 87.7 Å². The second kappa shape index (κ2) is 5.10. The van der Waals surface area contributed by atoms with Crippen LogP contribution < -0.4 is 0 Å². The molecule has 0 aliphatic rings. The molecular weight excluding hydrogens is 178 g/mol. The molecule has 0 fully saturated rings. The molecule has 0 unspecified atom stereocenters. The quantitative estimate of drug-likeness (QED) is 0.699. The number of nitrogens with zero attached hydrogens (tertiary/aromatic N) is 1. The van der Waals surface area contributed by atoms with Crippen LogP contribution in [0.4, 0.5) is 0 Å². The zero-order valence-electron chi connectivity index (χ0n) is 10.2. The normalized spacial score (nSPS) is 13.7. The predicted octanol–water partition coefficient (Wildman–Crippen LogP) is 0.955. The molecule has 0 aromatic carbocycles. The van der Waals surface area contributed by atoms with Gasteiger partial charge in [-0.05, 0) is 12.5 Å². The highest BCUT2D eigenvalue weighted by atomic mass is 16.3. The summed E-state index contributed by atoms with van der Waals surface area (Å²) in [4.78, 5) is 2.16. The molecule has 0 heterocycles. The van der Waals surface area contributed by atoms with Gasteiger partial charge in [-0.3, -0.25) is 0 Å². The molecule has 0 bridgehead atoms. The molecule has 0 radical (unpaired) electrons. The molecule has 86 valence electrons. The van der Waals surface area contributed by atoms with Gasteiger partial charge < -0.3 is 15.1 Å². The molecule has 0 saturated heterocycles. The molecule has 0 amide bonds. The Morgan fingerprint density at radius 3 is 1.64 bits per heavy atom. The van der Waals surface area contributed by atoms with Crippen LogP contribution in [0.2, 0.25) is 0 Å². The Kier molecular flexibility index (Phi) is 5.06. The van der Waals surface area contributed by atoms with E-state index in [9.17, 15) is 0 Å². The summed E-state index contributed by atoms with van der Waals surface area (Å²) in [6.07, 6.45) is 0. The van der Waals surface area contributed by atoms with E-state index >= 15 is 0 Å². The van der Waals surface area contributed by atoms with Crippen LogP contribution in [-0.2, 0) is 0 Å². The topological polar surface area (TPSA) is 43.7 Å². The Bertz CT molecular complexity index is 159. The largest absolute Gasteiger partial charge is 0.396 e. The standard InChI is InChI=1S/C11H25NO2/c1-10(2,3)6-12(5)7-11(4,8-13)9-14/h13-14H,6-9H2,1-5H3. The van der Waals surface area contributed by atoms with Crippen molar-refractivity contribution in [3.63, 3.8) is 0 Å². The number of rotatable bonds is 5. The van der Waals surface area contributed by atoms with E-state index in [1.54, 1.807) is 0 Å². The van der Waals surface area contributed by atoms with Gasteiger partial charge in [0.1, 0.15) is 0 Å². The Hall–Kier alpha value is -0.120. The lowest BCUT2D eigenvalue weighted by atomic mass is 9.90. The fourth-order valence-corrected chi connectivity index (χ4v) is 1.67. The summed E-state index contributed by atoms with van der Waals surface area (Å²) in [5, 5.41) is 18.3. The molecule has 0 aromatic rings. The average molecular weight is 203 g/mol. The van der Waals surface area contributed by atoms with Crippen LogP contribution in [0.15, 0.2) is 0 Å². The van der Waals surface area contributed by atoms with E-state index in [2.05, 4.69) is 25.7 Å². The van der Waals surface area contributed by atoms with Gasteiger partial charge in [-0.2, -0.15) is 0 Å². The smallest absolute Gasteiger partial charge is 0.0519 e. The summed E-state index contributed by atoms with van der Waals surface area (Å²) in [6, 6.07) is 0. The van der Waals surface area contributed by atoms with Gasteiger partial charge in [-0.15, -0.1) is 0 Å². The first-order chi connectivity index (χ1) is 6.22. The van der Waals surface area contributed by atoms with Crippen molar-refractivity contribution in [1.29, 1.82) is 0 Å². The summed E-state index contributed by atoms with van der Waals surface area (Å²) in [6.45, 7) is 10.2. The lowest BCUT2D eigenvalue weighted by Gasteiger charge is -2.33. The minimum Gasteiger partial charge on any atom is -0.396 e. The van der Waals surface area contributed by atoms with Crippen molar-refractivity contribution in [2.24, 2.45) is 10.8 Å². The van der Waals surface area contributed by atoms with Crippen molar-refractivity contribution in [2.75, 3.05) is 33.4 Å². The van der Waals surface area contributed by atoms with Crippen LogP contribution in [0.1, 0.15) is 27.7 Å². The molecule has 2 N–H and O–H groups in total. The minimum atomic E-state index is -0.389. The van der Waals surface area contributed by atoms with Crippen LogP contribution in [-0.4, -0.2) is 48.5 Å². The van der Waals surface area contributed by atoms with E-state index in [-0.39, 0.29) is 24.0 Å². The molecule has 0 atom stereocenters. The van der Waals surface area contributed by atoms with E-state index in [0.29, 0.717) is 0 Å². The van der Waals surface area contributed by atoms with Crippen molar-refractivity contribution in [3.05, 3.63) is 0 Å². The summed E-state index contributed by atoms with van der Waals surface area (Å²) < 4.78 is 0. The molecule has 3 nitrogen and oxygen atoms in total. The number of aliphatic hydroxyl groups is 2. The van der Waals surface area contributed by atoms with Gasteiger partial charge in [0.2, 0.25) is 0 Å². The summed E-state index contributed by atoms with van der Waals surface area (Å²) in [5.41, 5.74) is -0.138. The van der Waals surface area contributed by atoms with Gasteiger partial charge >= 0.3 is 0 Å². The number of aliphatic hydroxyl groups excluding tert-OH is 2. The fourth-order valence-electron chi connectivity index (χ4n) is 1.67. The van der Waals surface area contributed by atoms with Crippen LogP contribution >= 0.6 is 0 Å². The Morgan fingerprint density at radius 1 is 0.929 bits per heavy atom. The van der Waals surface area contributed by atoms with E-state index in [0.717, 1.165) is 13.1 Å². The van der Waals surface area contributed by atoms with Crippen molar-refractivity contribution < 1.29 is 10.2 Å². The van der Waals surface area contributed by atoms with E-state index in [1.165, 1.54) is 0 Å². The second-order valence-electron chi connectivity index (χ2n) is 5.86. The third-order valence-corrected chi connectivity index (χ3v) is 2.16. The molecule has 14 heavy (non-hydrogen) atoms. The molecule has 3 heteroatoms. The second-order valence-corrected chi connectivity index (χ2v) is 5.86. The van der Waals surface area contributed by atoms with Crippen molar-refractivity contribution in [1.82, 2.24) is 4.90 Å². The highest BCUT2D eigenvalue weighted by molar-refractivity contribution is 4.77. The zero-order chi connectivity index (χ0) is 11.4. The number of hydrogen-bond acceptors (Lipinski definition) is 3. The van der Waals surface area contributed by atoms with E-state index in [4.69, 9.17) is 10.2 Å². The van der Waals surface area contributed by atoms with E-state index in [1.807, 2.05) is 14.0 Å². The predicted molar refractivity (Wildman–Crippen MR) is 59.2 cm³/mol. The molecule has 0 aliphatic heterocycles. The molecular formula is C11H25NO2. The zero-order valence-corrected chi connectivity index (χ0v) is 10.2. The first-order valence-electron chi connectivity index (χ1n) is 5.13. The summed E-state index contributed by atoms with van der Waals surface area (Å²) in [5.74, 6) is 0. The third-order valence-electron chi connectivity index (χ3n) is 2.16. The van der Waals surface area contributed by atoms with Gasteiger partial charge in [0, 0.05) is 18.5 Å². The van der Waals surface area contributed by atoms with E-state index < -0.39 is 0 Å². The fraction of sp³-hybridized carbons (Fsp3) is 1.00. The van der Waals surface area contributed by atoms with Gasteiger partial charge in [0.05, 0.1) is 13.2 Å². The first-order valence-corrected chi connectivity index (χ1v) is 5.13. The lowest BCUT2D eigenvalue weighted by molar-refractivity contribution is 0.0344. The van der Waals surface area contributed by atoms with Crippen molar-refractivity contribution >= 4 is 0 Å². The van der Waals surface area contributed by atoms with Gasteiger partial charge in [-0.25, -0.2) is 0 Å². The maximum atomic E-state index is 9.15. The number of hydrogen-bond donors (Lipinski definition) is 2. The lowest BCUT2D eigenvalue weighted by Crippen LogP contribution is -2.41. The SMILES string of the molecule is CN(CC(C)(C)C)CC(C)(CO)CO. The monoisotopic (exact) mass is 203 g/mol. The van der Waals surface area contributed by atoms with Crippen LogP contribution in [0.3, 0.4) is 0 Å². The molecule has 0 aromatic heterocycles. The Morgan fingerprint density at radius 2 is 1.36 bits per heavy atom. The summed E-state index contributed by atoms with van der Waals surface area (Å²) in [7, 11) is 2.02. The first kappa shape index (κ1) is 13.9. The summed E-state index contributed by atoms with van der Waals surface area (Å²) >= 11 is 0. The Balaban J connectivity index is 4.10. The maximum Gasteiger partial charge on any atom is 0.0519 e. The molecule has 0 aliphatic carbocycles. The maximum absolute atomic E-state index is 9.15. The van der Waals surface area contributed by atoms with Crippen molar-refractivity contribution in [2.45, 2.75) is 27.7 Å². The third kappa shape index (κ3) is 5.58. The average Bonchev–Trinajstić information content (AvgIpc) is 2.00. The van der Waals surface area contributed by atoms with Gasteiger partial charge in [0.25, 0.3) is 0 Å². The highest BCUT2D eigenvalue weighted by Crippen LogP contribution is 2.19. The minimum absolute atomic E-state index is 0.0258. The van der Waals surface area contributed by atoms with Crippen LogP contribution in [0, 0.1) is 10.8 Å². The van der Waals surface area contributed by atoms with Crippen LogP contribution in [0.5, 0.6) is 0 Å². The van der Waals surface area contributed by atoms with Gasteiger partial charge in [-0.1, -0.05) is 27.7 Å². The van der Waals surface area contributed by atoms with Crippen LogP contribution in [0.25, 0.3) is 0 Å². The molecule has 0 rings (SSSR count). The van der Waals surface area contributed by atoms with Gasteiger partial charge in [0.15, 0.2) is 0 Å². The highest BCUT2D eigenvalue weighted by Gasteiger charge is 2.25. The molecule has 0 spiro atoms. The molecule has 0 saturated carbocycles. The van der Waals surface area contributed by atoms with Crippen molar-refractivity contribution in [3.8, 4) is 0 Å².